The van der Waals surface area contributed by atoms with Crippen molar-refractivity contribution in [2.75, 3.05) is 13.6 Å². The smallest absolute Gasteiger partial charge is 0.00832 e. The van der Waals surface area contributed by atoms with Gasteiger partial charge >= 0.3 is 0 Å². The Hall–Kier alpha value is -0.340. The summed E-state index contributed by atoms with van der Waals surface area (Å²) in [6, 6.07) is 0. The van der Waals surface area contributed by atoms with Crippen LogP contribution in [0.2, 0.25) is 0 Å². The molecule has 0 saturated carbocycles. The Morgan fingerprint density at radius 1 is 1.62 bits per heavy atom. The third-order valence-electron chi connectivity index (χ3n) is 2.92. The number of nitrogens with one attached hydrogen (secondary N) is 1. The van der Waals surface area contributed by atoms with E-state index in [0.29, 0.717) is 0 Å². The molecule has 0 aromatic carbocycles. The summed E-state index contributed by atoms with van der Waals surface area (Å²) in [6.45, 7) is 3.40. The molecular formula is C11H17NS. The van der Waals surface area contributed by atoms with Gasteiger partial charge in [-0.1, -0.05) is 0 Å². The fourth-order valence-corrected chi connectivity index (χ4v) is 3.52. The van der Waals surface area contributed by atoms with Crippen molar-refractivity contribution in [3.05, 3.63) is 21.4 Å². The average molecular weight is 195 g/mol. The van der Waals surface area contributed by atoms with Gasteiger partial charge in [0, 0.05) is 11.4 Å². The molecule has 1 heterocycles. The summed E-state index contributed by atoms with van der Waals surface area (Å²) in [6.07, 6.45) is 4.05. The highest BCUT2D eigenvalue weighted by Gasteiger charge is 2.22. The Kier molecular flexibility index (Phi) is 2.70. The van der Waals surface area contributed by atoms with Crippen molar-refractivity contribution in [1.82, 2.24) is 5.32 Å². The van der Waals surface area contributed by atoms with Gasteiger partial charge in [0.1, 0.15) is 0 Å². The van der Waals surface area contributed by atoms with Gasteiger partial charge in [-0.05, 0) is 55.7 Å². The van der Waals surface area contributed by atoms with Gasteiger partial charge in [0.15, 0.2) is 0 Å². The zero-order chi connectivity index (χ0) is 9.26. The number of rotatable bonds is 2. The quantitative estimate of drug-likeness (QED) is 0.765. The van der Waals surface area contributed by atoms with Crippen LogP contribution in [0.3, 0.4) is 0 Å². The third kappa shape index (κ3) is 1.65. The topological polar surface area (TPSA) is 12.0 Å². The second kappa shape index (κ2) is 3.81. The van der Waals surface area contributed by atoms with E-state index in [1.165, 1.54) is 24.8 Å². The molecule has 0 unspecified atom stereocenters. The van der Waals surface area contributed by atoms with Crippen LogP contribution in [0.25, 0.3) is 0 Å². The Morgan fingerprint density at radius 2 is 2.46 bits per heavy atom. The van der Waals surface area contributed by atoms with E-state index in [2.05, 4.69) is 24.7 Å². The van der Waals surface area contributed by atoms with E-state index in [1.54, 1.807) is 10.4 Å². The van der Waals surface area contributed by atoms with E-state index in [0.717, 1.165) is 12.5 Å². The van der Waals surface area contributed by atoms with Gasteiger partial charge in [0.2, 0.25) is 0 Å². The Bertz CT molecular complexity index is 290. The zero-order valence-electron chi connectivity index (χ0n) is 8.39. The summed E-state index contributed by atoms with van der Waals surface area (Å²) >= 11 is 1.95. The van der Waals surface area contributed by atoms with Gasteiger partial charge in [-0.25, -0.2) is 0 Å². The highest BCUT2D eigenvalue weighted by molar-refractivity contribution is 7.10. The lowest BCUT2D eigenvalue weighted by molar-refractivity contribution is 0.532. The number of aryl methyl sites for hydroxylation is 2. The monoisotopic (exact) mass is 195 g/mol. The van der Waals surface area contributed by atoms with Crippen LogP contribution >= 0.6 is 11.3 Å². The Balaban J connectivity index is 2.29. The molecule has 1 aliphatic rings. The molecule has 13 heavy (non-hydrogen) atoms. The van der Waals surface area contributed by atoms with Crippen LogP contribution in [0.1, 0.15) is 34.8 Å². The molecule has 0 bridgehead atoms. The molecule has 0 aliphatic heterocycles. The van der Waals surface area contributed by atoms with Crippen molar-refractivity contribution >= 4 is 11.3 Å². The summed E-state index contributed by atoms with van der Waals surface area (Å²) in [4.78, 5) is 1.64. The van der Waals surface area contributed by atoms with Gasteiger partial charge < -0.3 is 5.32 Å². The van der Waals surface area contributed by atoms with Crippen LogP contribution in [-0.4, -0.2) is 13.6 Å². The molecule has 0 radical (unpaired) electrons. The molecule has 1 aromatic rings. The Morgan fingerprint density at radius 3 is 3.23 bits per heavy atom. The highest BCUT2D eigenvalue weighted by atomic mass is 32.1. The molecule has 72 valence electrons. The average Bonchev–Trinajstić information content (AvgIpc) is 2.50. The van der Waals surface area contributed by atoms with Crippen LogP contribution in [-0.2, 0) is 6.42 Å². The minimum Gasteiger partial charge on any atom is -0.319 e. The van der Waals surface area contributed by atoms with Crippen molar-refractivity contribution in [3.63, 3.8) is 0 Å². The number of likely N-dealkylation sites (N-methyl/N-ethyl adjacent to an activating group) is 1. The van der Waals surface area contributed by atoms with E-state index in [9.17, 15) is 0 Å². The predicted molar refractivity (Wildman–Crippen MR) is 58.7 cm³/mol. The van der Waals surface area contributed by atoms with E-state index in [4.69, 9.17) is 0 Å². The van der Waals surface area contributed by atoms with Gasteiger partial charge in [-0.15, -0.1) is 11.3 Å². The second-order valence-corrected chi connectivity index (χ2v) is 4.87. The first-order valence-corrected chi connectivity index (χ1v) is 5.92. The van der Waals surface area contributed by atoms with Crippen LogP contribution in [0.15, 0.2) is 5.38 Å². The Labute approximate surface area is 84.2 Å². The second-order valence-electron chi connectivity index (χ2n) is 3.90. The lowest BCUT2D eigenvalue weighted by atomic mass is 9.85. The molecule has 1 nitrogen and oxygen atoms in total. The summed E-state index contributed by atoms with van der Waals surface area (Å²) in [7, 11) is 2.05. The van der Waals surface area contributed by atoms with E-state index in [1.807, 2.05) is 11.3 Å². The first kappa shape index (κ1) is 9.22. The van der Waals surface area contributed by atoms with Crippen LogP contribution in [0, 0.1) is 6.92 Å². The molecule has 0 saturated heterocycles. The van der Waals surface area contributed by atoms with Crippen LogP contribution in [0.4, 0.5) is 0 Å². The van der Waals surface area contributed by atoms with Crippen LogP contribution < -0.4 is 5.32 Å². The molecule has 1 aromatic heterocycles. The predicted octanol–water partition coefficient (Wildman–Crippen LogP) is 2.70. The van der Waals surface area contributed by atoms with Crippen molar-refractivity contribution < 1.29 is 0 Å². The summed E-state index contributed by atoms with van der Waals surface area (Å²) in [5, 5.41) is 5.62. The first-order valence-electron chi connectivity index (χ1n) is 5.04. The van der Waals surface area contributed by atoms with Crippen molar-refractivity contribution in [2.24, 2.45) is 0 Å². The zero-order valence-corrected chi connectivity index (χ0v) is 9.21. The van der Waals surface area contributed by atoms with E-state index in [-0.39, 0.29) is 0 Å². The summed E-state index contributed by atoms with van der Waals surface area (Å²) < 4.78 is 0. The SMILES string of the molecule is CNC[C@H]1CCCc2scc(C)c21. The molecule has 1 aliphatic carbocycles. The third-order valence-corrected chi connectivity index (χ3v) is 4.10. The molecule has 2 rings (SSSR count). The standard InChI is InChI=1S/C11H17NS/c1-8-7-13-10-5-3-4-9(6-12-2)11(8)10/h7,9,12H,3-6H2,1-2H3/t9-/m1/s1. The van der Waals surface area contributed by atoms with Crippen molar-refractivity contribution in [1.29, 1.82) is 0 Å². The number of hydrogen-bond donors (Lipinski definition) is 1. The van der Waals surface area contributed by atoms with Crippen LogP contribution in [0.5, 0.6) is 0 Å². The minimum absolute atomic E-state index is 0.778. The lowest BCUT2D eigenvalue weighted by Crippen LogP contribution is -2.20. The van der Waals surface area contributed by atoms with Gasteiger partial charge in [0.25, 0.3) is 0 Å². The van der Waals surface area contributed by atoms with Gasteiger partial charge in [-0.3, -0.25) is 0 Å². The molecule has 1 atom stereocenters. The van der Waals surface area contributed by atoms with E-state index >= 15 is 0 Å². The largest absolute Gasteiger partial charge is 0.319 e. The molecule has 2 heteroatoms. The maximum atomic E-state index is 3.30. The van der Waals surface area contributed by atoms with Crippen molar-refractivity contribution in [3.8, 4) is 0 Å². The maximum Gasteiger partial charge on any atom is 0.00832 e. The first-order chi connectivity index (χ1) is 6.33. The molecule has 1 N–H and O–H groups in total. The number of thiophene rings is 1. The lowest BCUT2D eigenvalue weighted by Gasteiger charge is -2.23. The minimum atomic E-state index is 0.778. The van der Waals surface area contributed by atoms with Crippen molar-refractivity contribution in [2.45, 2.75) is 32.1 Å². The van der Waals surface area contributed by atoms with E-state index < -0.39 is 0 Å². The normalized spacial score (nSPS) is 21.5. The van der Waals surface area contributed by atoms with Gasteiger partial charge in [0.05, 0.1) is 0 Å². The summed E-state index contributed by atoms with van der Waals surface area (Å²) in [5.41, 5.74) is 3.17. The molecule has 0 spiro atoms. The fourth-order valence-electron chi connectivity index (χ4n) is 2.35. The molecule has 0 amide bonds. The molecular weight excluding hydrogens is 178 g/mol. The maximum absolute atomic E-state index is 3.30. The highest BCUT2D eigenvalue weighted by Crippen LogP contribution is 2.37. The van der Waals surface area contributed by atoms with Gasteiger partial charge in [-0.2, -0.15) is 0 Å². The number of fused-ring (bicyclic) bond motifs is 1. The fraction of sp³-hybridized carbons (Fsp3) is 0.636. The summed E-state index contributed by atoms with van der Waals surface area (Å²) in [5.74, 6) is 0.778. The number of hydrogen-bond acceptors (Lipinski definition) is 2. The molecule has 0 fully saturated rings.